The van der Waals surface area contributed by atoms with Gasteiger partial charge >= 0.3 is 5.63 Å². The van der Waals surface area contributed by atoms with Crippen LogP contribution in [0, 0.1) is 6.92 Å². The molecule has 0 N–H and O–H groups in total. The Bertz CT molecular complexity index is 1070. The third-order valence-corrected chi connectivity index (χ3v) is 4.92. The molecule has 5 heteroatoms. The van der Waals surface area contributed by atoms with Crippen LogP contribution in [0.15, 0.2) is 57.9 Å². The molecule has 0 spiro atoms. The van der Waals surface area contributed by atoms with Gasteiger partial charge in [-0.25, -0.2) is 4.79 Å². The van der Waals surface area contributed by atoms with Crippen molar-refractivity contribution in [2.45, 2.75) is 13.3 Å². The monoisotopic (exact) mass is 367 g/mol. The average Bonchev–Trinajstić information content (AvgIpc) is 2.63. The Morgan fingerprint density at radius 2 is 1.96 bits per heavy atom. The van der Waals surface area contributed by atoms with Crippen molar-refractivity contribution in [3.63, 3.8) is 0 Å². The molecule has 1 aliphatic rings. The van der Waals surface area contributed by atoms with Crippen LogP contribution in [0.1, 0.15) is 17.5 Å². The summed E-state index contributed by atoms with van der Waals surface area (Å²) in [5.41, 5.74) is 3.57. The summed E-state index contributed by atoms with van der Waals surface area (Å²) in [5, 5.41) is 1.59. The molecule has 0 fully saturated rings. The summed E-state index contributed by atoms with van der Waals surface area (Å²) in [7, 11) is 2.00. The van der Waals surface area contributed by atoms with Gasteiger partial charge < -0.3 is 14.1 Å². The fourth-order valence-corrected chi connectivity index (χ4v) is 3.45. The number of fused-ring (bicyclic) bond motifs is 3. The van der Waals surface area contributed by atoms with Gasteiger partial charge in [0.25, 0.3) is 0 Å². The first kappa shape index (κ1) is 16.7. The number of aryl methyl sites for hydroxylation is 1. The molecule has 0 amide bonds. The molecule has 0 bridgehead atoms. The summed E-state index contributed by atoms with van der Waals surface area (Å²) in [6.07, 6.45) is 2.35. The minimum atomic E-state index is -0.334. The van der Waals surface area contributed by atoms with E-state index in [0.717, 1.165) is 28.8 Å². The largest absolute Gasteiger partial charge is 0.465 e. The highest BCUT2D eigenvalue weighted by Gasteiger charge is 2.26. The second-order valence-electron chi connectivity index (χ2n) is 6.45. The molecule has 0 unspecified atom stereocenters. The van der Waals surface area contributed by atoms with Crippen LogP contribution in [-0.2, 0) is 0 Å². The predicted octanol–water partition coefficient (Wildman–Crippen LogP) is 5.01. The quantitative estimate of drug-likeness (QED) is 0.471. The van der Waals surface area contributed by atoms with Crippen molar-refractivity contribution in [3.8, 4) is 5.75 Å². The fraction of sp³-hybridized carbons (Fsp3) is 0.190. The smallest absolute Gasteiger partial charge is 0.346 e. The summed E-state index contributed by atoms with van der Waals surface area (Å²) >= 11 is 5.90. The van der Waals surface area contributed by atoms with Crippen LogP contribution in [0.5, 0.6) is 5.75 Å². The molecule has 0 aliphatic carbocycles. The van der Waals surface area contributed by atoms with Crippen molar-refractivity contribution in [2.24, 2.45) is 0 Å². The average molecular weight is 368 g/mol. The molecular weight excluding hydrogens is 350 g/mol. The third kappa shape index (κ3) is 2.86. The van der Waals surface area contributed by atoms with Crippen LogP contribution < -0.4 is 15.3 Å². The Hall–Kier alpha value is -2.72. The lowest BCUT2D eigenvalue weighted by molar-refractivity contribution is 0.480. The number of ether oxygens (including phenoxy) is 1. The van der Waals surface area contributed by atoms with Gasteiger partial charge in [0.05, 0.1) is 17.5 Å². The van der Waals surface area contributed by atoms with Gasteiger partial charge in [0.1, 0.15) is 11.3 Å². The summed E-state index contributed by atoms with van der Waals surface area (Å²) in [6.45, 7) is 2.75. The van der Waals surface area contributed by atoms with E-state index in [0.29, 0.717) is 28.3 Å². The van der Waals surface area contributed by atoms with Crippen LogP contribution in [0.3, 0.4) is 0 Å². The molecule has 0 atom stereocenters. The first-order valence-electron chi connectivity index (χ1n) is 8.44. The van der Waals surface area contributed by atoms with Gasteiger partial charge in [0.2, 0.25) is 0 Å². The highest BCUT2D eigenvalue weighted by Crippen LogP contribution is 2.37. The predicted molar refractivity (Wildman–Crippen MR) is 105 cm³/mol. The zero-order valence-electron chi connectivity index (χ0n) is 14.6. The van der Waals surface area contributed by atoms with Gasteiger partial charge in [-0.1, -0.05) is 23.7 Å². The van der Waals surface area contributed by atoms with E-state index < -0.39 is 0 Å². The molecule has 1 aliphatic heterocycles. The van der Waals surface area contributed by atoms with Crippen molar-refractivity contribution in [2.75, 3.05) is 18.5 Å². The lowest BCUT2D eigenvalue weighted by Gasteiger charge is -2.29. The minimum absolute atomic E-state index is 0.334. The maximum Gasteiger partial charge on any atom is 0.346 e. The van der Waals surface area contributed by atoms with Crippen molar-refractivity contribution < 1.29 is 9.15 Å². The van der Waals surface area contributed by atoms with Gasteiger partial charge in [-0.3, -0.25) is 0 Å². The molecular formula is C21H18ClNO3. The van der Waals surface area contributed by atoms with Gasteiger partial charge in [-0.05, 0) is 49.2 Å². The summed E-state index contributed by atoms with van der Waals surface area (Å²) < 4.78 is 11.4. The number of hydrogen-bond acceptors (Lipinski definition) is 4. The van der Waals surface area contributed by atoms with Crippen molar-refractivity contribution in [3.05, 3.63) is 75.3 Å². The summed E-state index contributed by atoms with van der Waals surface area (Å²) in [6, 6.07) is 13.0. The summed E-state index contributed by atoms with van der Waals surface area (Å²) in [5.74, 6) is 0.670. The first-order chi connectivity index (χ1) is 12.5. The Labute approximate surface area is 156 Å². The third-order valence-electron chi connectivity index (χ3n) is 4.67. The Morgan fingerprint density at radius 3 is 2.73 bits per heavy atom. The number of rotatable bonds is 2. The van der Waals surface area contributed by atoms with E-state index >= 15 is 0 Å². The number of hydrogen-bond donors (Lipinski definition) is 0. The van der Waals surface area contributed by atoms with Crippen LogP contribution in [-0.4, -0.2) is 13.6 Å². The molecule has 2 heterocycles. The standard InChI is InChI=1S/C21H18ClNO3/c1-13-4-3-5-17-19-18(21(24)26-20(13)17)14(10-11-23(19)2)12-25-16-8-6-15(22)7-9-16/h3-9,12H,10-11H2,1-2H3/b14-12+. The highest BCUT2D eigenvalue weighted by molar-refractivity contribution is 6.30. The SMILES string of the molecule is Cc1cccc2c3c(c(=O)oc12)/C(=C/Oc1ccc(Cl)cc1)CCN3C. The van der Waals surface area contributed by atoms with Crippen molar-refractivity contribution in [1.29, 1.82) is 0 Å². The second-order valence-corrected chi connectivity index (χ2v) is 6.89. The van der Waals surface area contributed by atoms with Gasteiger partial charge in [-0.15, -0.1) is 0 Å². The fourth-order valence-electron chi connectivity index (χ4n) is 3.32. The maximum atomic E-state index is 12.7. The number of benzene rings is 2. The van der Waals surface area contributed by atoms with E-state index in [1.54, 1.807) is 30.5 Å². The van der Waals surface area contributed by atoms with Crippen molar-refractivity contribution in [1.82, 2.24) is 0 Å². The van der Waals surface area contributed by atoms with Crippen LogP contribution >= 0.6 is 11.6 Å². The van der Waals surface area contributed by atoms with Crippen molar-refractivity contribution >= 4 is 33.8 Å². The summed E-state index contributed by atoms with van der Waals surface area (Å²) in [4.78, 5) is 14.8. The molecule has 2 aromatic carbocycles. The van der Waals surface area contributed by atoms with E-state index in [4.69, 9.17) is 20.8 Å². The molecule has 3 aromatic rings. The van der Waals surface area contributed by atoms with E-state index in [-0.39, 0.29) is 5.63 Å². The topological polar surface area (TPSA) is 42.7 Å². The normalized spacial score (nSPS) is 15.3. The van der Waals surface area contributed by atoms with E-state index in [9.17, 15) is 4.79 Å². The molecule has 4 rings (SSSR count). The number of para-hydroxylation sites is 1. The lowest BCUT2D eigenvalue weighted by atomic mass is 9.96. The number of anilines is 1. The van der Waals surface area contributed by atoms with E-state index in [1.165, 1.54) is 0 Å². The number of halogens is 1. The lowest BCUT2D eigenvalue weighted by Crippen LogP contribution is -2.28. The Kier molecular flexibility index (Phi) is 4.21. The van der Waals surface area contributed by atoms with Crippen LogP contribution in [0.25, 0.3) is 16.5 Å². The molecule has 0 saturated heterocycles. The Balaban J connectivity index is 1.84. The minimum Gasteiger partial charge on any atom is -0.465 e. The maximum absolute atomic E-state index is 12.7. The van der Waals surface area contributed by atoms with Crippen LogP contribution in [0.4, 0.5) is 5.69 Å². The molecule has 0 saturated carbocycles. The van der Waals surface area contributed by atoms with Gasteiger partial charge in [0.15, 0.2) is 0 Å². The molecule has 1 aromatic heterocycles. The molecule has 4 nitrogen and oxygen atoms in total. The van der Waals surface area contributed by atoms with E-state index in [1.807, 2.05) is 32.2 Å². The Morgan fingerprint density at radius 1 is 1.19 bits per heavy atom. The molecule has 132 valence electrons. The van der Waals surface area contributed by atoms with Gasteiger partial charge in [-0.2, -0.15) is 0 Å². The zero-order valence-corrected chi connectivity index (χ0v) is 15.3. The number of nitrogens with zero attached hydrogens (tertiary/aromatic N) is 1. The first-order valence-corrected chi connectivity index (χ1v) is 8.81. The highest BCUT2D eigenvalue weighted by atomic mass is 35.5. The second kappa shape index (κ2) is 6.54. The van der Waals surface area contributed by atoms with Gasteiger partial charge in [0, 0.05) is 29.6 Å². The van der Waals surface area contributed by atoms with E-state index in [2.05, 4.69) is 4.90 Å². The van der Waals surface area contributed by atoms with Crippen LogP contribution in [0.2, 0.25) is 5.02 Å². The zero-order chi connectivity index (χ0) is 18.3. The molecule has 0 radical (unpaired) electrons. The molecule has 26 heavy (non-hydrogen) atoms.